The summed E-state index contributed by atoms with van der Waals surface area (Å²) in [6.45, 7) is 0. The lowest BCUT2D eigenvalue weighted by Gasteiger charge is -2.12. The van der Waals surface area contributed by atoms with Crippen molar-refractivity contribution in [1.82, 2.24) is 0 Å². The molecule has 0 radical (unpaired) electrons. The van der Waals surface area contributed by atoms with Crippen molar-refractivity contribution in [3.63, 3.8) is 0 Å². The number of rotatable bonds is 4. The van der Waals surface area contributed by atoms with E-state index in [1.54, 1.807) is 12.1 Å². The highest BCUT2D eigenvalue weighted by Crippen LogP contribution is 2.25. The Morgan fingerprint density at radius 3 is 2.47 bits per heavy atom. The fraction of sp³-hybridized carbons (Fsp3) is 0.133. The molecule has 0 aliphatic carbocycles. The Morgan fingerprint density at radius 1 is 1.16 bits per heavy atom. The minimum absolute atomic E-state index is 0.226. The van der Waals surface area contributed by atoms with Crippen LogP contribution in [0.5, 0.6) is 0 Å². The van der Waals surface area contributed by atoms with Gasteiger partial charge in [0.25, 0.3) is 0 Å². The zero-order valence-electron chi connectivity index (χ0n) is 10.2. The van der Waals surface area contributed by atoms with Gasteiger partial charge in [-0.2, -0.15) is 0 Å². The van der Waals surface area contributed by atoms with Gasteiger partial charge in [-0.05, 0) is 23.3 Å². The van der Waals surface area contributed by atoms with Crippen molar-refractivity contribution in [3.8, 4) is 11.1 Å². The van der Waals surface area contributed by atoms with Crippen LogP contribution in [-0.2, 0) is 4.79 Å². The average Bonchev–Trinajstić information content (AvgIpc) is 2.39. The Balaban J connectivity index is 2.37. The second-order valence-corrected chi connectivity index (χ2v) is 4.31. The molecule has 0 amide bonds. The zero-order chi connectivity index (χ0) is 13.8. The van der Waals surface area contributed by atoms with E-state index in [1.165, 1.54) is 6.07 Å². The predicted octanol–water partition coefficient (Wildman–Crippen LogP) is 2.97. The van der Waals surface area contributed by atoms with Crippen molar-refractivity contribution in [2.45, 2.75) is 12.5 Å². The molecule has 19 heavy (non-hydrogen) atoms. The number of halogens is 1. The van der Waals surface area contributed by atoms with Crippen molar-refractivity contribution < 1.29 is 14.3 Å². The maximum absolute atomic E-state index is 13.7. The van der Waals surface area contributed by atoms with E-state index in [0.29, 0.717) is 0 Å². The Morgan fingerprint density at radius 2 is 1.84 bits per heavy atom. The number of aliphatic carboxylic acids is 1. The van der Waals surface area contributed by atoms with Crippen LogP contribution in [-0.4, -0.2) is 11.1 Å². The molecule has 4 heteroatoms. The lowest BCUT2D eigenvalue weighted by molar-refractivity contribution is -0.137. The van der Waals surface area contributed by atoms with Gasteiger partial charge in [0.15, 0.2) is 0 Å². The van der Waals surface area contributed by atoms with Crippen LogP contribution in [0.4, 0.5) is 4.39 Å². The summed E-state index contributed by atoms with van der Waals surface area (Å²) in [6, 6.07) is 13.2. The number of carboxylic acid groups (broad SMARTS) is 1. The van der Waals surface area contributed by atoms with Crippen LogP contribution in [0.15, 0.2) is 48.5 Å². The molecule has 0 aliphatic rings. The SMILES string of the molecule is NC(CC(=O)O)c1cc(-c2ccccc2)ccc1F. The lowest BCUT2D eigenvalue weighted by atomic mass is 9.98. The average molecular weight is 259 g/mol. The molecule has 0 aliphatic heterocycles. The first-order valence-corrected chi connectivity index (χ1v) is 5.90. The summed E-state index contributed by atoms with van der Waals surface area (Å²) < 4.78 is 13.7. The van der Waals surface area contributed by atoms with E-state index in [-0.39, 0.29) is 12.0 Å². The molecule has 0 saturated heterocycles. The lowest BCUT2D eigenvalue weighted by Crippen LogP contribution is -2.16. The third-order valence-electron chi connectivity index (χ3n) is 2.90. The van der Waals surface area contributed by atoms with Gasteiger partial charge in [0, 0.05) is 11.6 Å². The van der Waals surface area contributed by atoms with Crippen LogP contribution in [0.25, 0.3) is 11.1 Å². The van der Waals surface area contributed by atoms with Gasteiger partial charge < -0.3 is 10.8 Å². The molecule has 98 valence electrons. The minimum Gasteiger partial charge on any atom is -0.481 e. The van der Waals surface area contributed by atoms with Crippen LogP contribution < -0.4 is 5.73 Å². The van der Waals surface area contributed by atoms with Crippen molar-refractivity contribution in [2.24, 2.45) is 5.73 Å². The van der Waals surface area contributed by atoms with Crippen molar-refractivity contribution in [2.75, 3.05) is 0 Å². The first-order chi connectivity index (χ1) is 9.08. The van der Waals surface area contributed by atoms with Crippen molar-refractivity contribution in [3.05, 3.63) is 59.9 Å². The number of carbonyl (C=O) groups is 1. The Bertz CT molecular complexity index is 584. The number of benzene rings is 2. The van der Waals surface area contributed by atoms with Crippen molar-refractivity contribution in [1.29, 1.82) is 0 Å². The highest BCUT2D eigenvalue weighted by Gasteiger charge is 2.15. The number of carboxylic acids is 1. The van der Waals surface area contributed by atoms with Crippen LogP contribution in [0.1, 0.15) is 18.0 Å². The standard InChI is InChI=1S/C15H14FNO2/c16-13-7-6-11(10-4-2-1-3-5-10)8-12(13)14(17)9-15(18)19/h1-8,14H,9,17H2,(H,18,19). The predicted molar refractivity (Wildman–Crippen MR) is 71.0 cm³/mol. The monoisotopic (exact) mass is 259 g/mol. The summed E-state index contributed by atoms with van der Waals surface area (Å²) in [4.78, 5) is 10.6. The molecule has 2 aromatic carbocycles. The third kappa shape index (κ3) is 3.17. The maximum atomic E-state index is 13.7. The van der Waals surface area contributed by atoms with E-state index in [1.807, 2.05) is 30.3 Å². The van der Waals surface area contributed by atoms with E-state index < -0.39 is 17.8 Å². The molecule has 1 atom stereocenters. The van der Waals surface area contributed by atoms with E-state index in [0.717, 1.165) is 11.1 Å². The number of hydrogen-bond acceptors (Lipinski definition) is 2. The smallest absolute Gasteiger partial charge is 0.305 e. The molecular weight excluding hydrogens is 245 g/mol. The molecule has 3 nitrogen and oxygen atoms in total. The summed E-state index contributed by atoms with van der Waals surface area (Å²) in [7, 11) is 0. The molecule has 0 spiro atoms. The Labute approximate surface area is 110 Å². The summed E-state index contributed by atoms with van der Waals surface area (Å²) in [5.74, 6) is -1.52. The highest BCUT2D eigenvalue weighted by atomic mass is 19.1. The van der Waals surface area contributed by atoms with E-state index >= 15 is 0 Å². The summed E-state index contributed by atoms with van der Waals surface area (Å²) in [5, 5.41) is 8.72. The van der Waals surface area contributed by atoms with Gasteiger partial charge in [-0.1, -0.05) is 36.4 Å². The van der Waals surface area contributed by atoms with Crippen LogP contribution in [0, 0.1) is 5.82 Å². The number of hydrogen-bond donors (Lipinski definition) is 2. The second kappa shape index (κ2) is 5.63. The molecule has 0 fully saturated rings. The van der Waals surface area contributed by atoms with Crippen LogP contribution in [0.3, 0.4) is 0 Å². The van der Waals surface area contributed by atoms with Crippen LogP contribution in [0.2, 0.25) is 0 Å². The second-order valence-electron chi connectivity index (χ2n) is 4.31. The normalized spacial score (nSPS) is 12.1. The van der Waals surface area contributed by atoms with Crippen molar-refractivity contribution >= 4 is 5.97 Å². The van der Waals surface area contributed by atoms with Gasteiger partial charge in [0.1, 0.15) is 5.82 Å². The molecule has 2 aromatic rings. The molecule has 0 bridgehead atoms. The summed E-state index contributed by atoms with van der Waals surface area (Å²) in [6.07, 6.45) is -0.296. The zero-order valence-corrected chi connectivity index (χ0v) is 10.2. The van der Waals surface area contributed by atoms with E-state index in [9.17, 15) is 9.18 Å². The molecule has 0 aromatic heterocycles. The van der Waals surface area contributed by atoms with E-state index in [4.69, 9.17) is 10.8 Å². The molecular formula is C15H14FNO2. The van der Waals surface area contributed by atoms with E-state index in [2.05, 4.69) is 0 Å². The third-order valence-corrected chi connectivity index (χ3v) is 2.90. The minimum atomic E-state index is -1.04. The largest absolute Gasteiger partial charge is 0.481 e. The molecule has 2 rings (SSSR count). The molecule has 3 N–H and O–H groups in total. The first kappa shape index (κ1) is 13.2. The van der Waals surface area contributed by atoms with Gasteiger partial charge in [0.05, 0.1) is 6.42 Å². The Kier molecular flexibility index (Phi) is 3.92. The van der Waals surface area contributed by atoms with Crippen LogP contribution >= 0.6 is 0 Å². The molecule has 1 unspecified atom stereocenters. The van der Waals surface area contributed by atoms with Gasteiger partial charge in [-0.15, -0.1) is 0 Å². The fourth-order valence-corrected chi connectivity index (χ4v) is 1.94. The summed E-state index contributed by atoms with van der Waals surface area (Å²) in [5.41, 5.74) is 7.70. The van der Waals surface area contributed by atoms with Gasteiger partial charge in [-0.3, -0.25) is 4.79 Å². The highest BCUT2D eigenvalue weighted by molar-refractivity contribution is 5.69. The molecule has 0 heterocycles. The topological polar surface area (TPSA) is 63.3 Å². The van der Waals surface area contributed by atoms with Gasteiger partial charge in [0.2, 0.25) is 0 Å². The first-order valence-electron chi connectivity index (χ1n) is 5.90. The maximum Gasteiger partial charge on any atom is 0.305 e. The summed E-state index contributed by atoms with van der Waals surface area (Å²) >= 11 is 0. The van der Waals surface area contributed by atoms with Gasteiger partial charge in [-0.25, -0.2) is 4.39 Å². The Hall–Kier alpha value is -2.20. The fourth-order valence-electron chi connectivity index (χ4n) is 1.94. The molecule has 0 saturated carbocycles. The van der Waals surface area contributed by atoms with Gasteiger partial charge >= 0.3 is 5.97 Å². The quantitative estimate of drug-likeness (QED) is 0.887. The number of nitrogens with two attached hydrogens (primary N) is 1.